The Bertz CT molecular complexity index is 1820. The van der Waals surface area contributed by atoms with Crippen LogP contribution >= 0.6 is 43.5 Å². The topological polar surface area (TPSA) is 92.8 Å². The van der Waals surface area contributed by atoms with Crippen LogP contribution in [0.5, 0.6) is 11.5 Å². The summed E-state index contributed by atoms with van der Waals surface area (Å²) in [6.07, 6.45) is 1.35. The van der Waals surface area contributed by atoms with Crippen LogP contribution in [0.2, 0.25) is 5.02 Å². The number of amides is 1. The summed E-state index contributed by atoms with van der Waals surface area (Å²) in [6.45, 7) is 0. The molecule has 0 aliphatic carbocycles. The summed E-state index contributed by atoms with van der Waals surface area (Å²) < 4.78 is 26.1. The molecule has 41 heavy (non-hydrogen) atoms. The van der Waals surface area contributed by atoms with Gasteiger partial charge in [-0.25, -0.2) is 14.6 Å². The first-order chi connectivity index (χ1) is 19.7. The molecular weight excluding hydrogens is 681 g/mol. The second-order valence-corrected chi connectivity index (χ2v) is 10.8. The molecular formula is C30H19Br2ClFN3O4. The number of carbonyl (C=O) groups excluding carboxylic acids is 2. The maximum Gasteiger partial charge on any atom is 0.343 e. The molecule has 5 rings (SSSR count). The number of hydrogen-bond acceptors (Lipinski definition) is 5. The molecule has 0 radical (unpaired) electrons. The summed E-state index contributed by atoms with van der Waals surface area (Å²) >= 11 is 13.3. The molecule has 0 fully saturated rings. The molecule has 0 spiro atoms. The lowest BCUT2D eigenvalue weighted by atomic mass is 10.0. The van der Waals surface area contributed by atoms with Gasteiger partial charge in [0.15, 0.2) is 5.75 Å². The predicted octanol–water partition coefficient (Wildman–Crippen LogP) is 8.14. The third-order valence-electron chi connectivity index (χ3n) is 6.06. The number of benzene rings is 4. The second kappa shape index (κ2) is 12.3. The van der Waals surface area contributed by atoms with Gasteiger partial charge in [0, 0.05) is 37.1 Å². The molecule has 0 aliphatic heterocycles. The van der Waals surface area contributed by atoms with Crippen molar-refractivity contribution in [1.29, 1.82) is 0 Å². The van der Waals surface area contributed by atoms with Gasteiger partial charge in [-0.2, -0.15) is 5.10 Å². The molecule has 0 unspecified atom stereocenters. The lowest BCUT2D eigenvalue weighted by Gasteiger charge is -2.11. The third kappa shape index (κ3) is 6.19. The van der Waals surface area contributed by atoms with Gasteiger partial charge < -0.3 is 14.5 Å². The van der Waals surface area contributed by atoms with Gasteiger partial charge in [0.05, 0.1) is 23.4 Å². The zero-order valence-electron chi connectivity index (χ0n) is 21.2. The van der Waals surface area contributed by atoms with E-state index in [1.807, 2.05) is 0 Å². The van der Waals surface area contributed by atoms with Crippen LogP contribution in [0.4, 0.5) is 4.39 Å². The molecule has 0 aliphatic rings. The van der Waals surface area contributed by atoms with Crippen molar-refractivity contribution in [3.8, 4) is 22.6 Å². The molecule has 0 atom stereocenters. The van der Waals surface area contributed by atoms with Crippen LogP contribution in [-0.2, 0) is 0 Å². The van der Waals surface area contributed by atoms with Crippen LogP contribution in [0, 0.1) is 5.82 Å². The zero-order chi connectivity index (χ0) is 29.1. The van der Waals surface area contributed by atoms with E-state index in [0.717, 1.165) is 0 Å². The molecule has 1 heterocycles. The predicted molar refractivity (Wildman–Crippen MR) is 164 cm³/mol. The number of H-pyrrole nitrogens is 1. The molecule has 5 aromatic rings. The average molecular weight is 700 g/mol. The van der Waals surface area contributed by atoms with Crippen LogP contribution < -0.4 is 14.9 Å². The van der Waals surface area contributed by atoms with Crippen LogP contribution in [-0.4, -0.2) is 30.2 Å². The van der Waals surface area contributed by atoms with Gasteiger partial charge in [-0.3, -0.25) is 4.79 Å². The Balaban J connectivity index is 1.44. The number of ether oxygens (including phenoxy) is 2. The summed E-state index contributed by atoms with van der Waals surface area (Å²) in [7, 11) is 1.53. The highest BCUT2D eigenvalue weighted by Gasteiger charge is 2.21. The van der Waals surface area contributed by atoms with Gasteiger partial charge in [-0.15, -0.1) is 0 Å². The number of esters is 1. The number of nitrogens with one attached hydrogen (secondary N) is 2. The Morgan fingerprint density at radius 2 is 1.78 bits per heavy atom. The number of halogens is 4. The van der Waals surface area contributed by atoms with Gasteiger partial charge in [0.2, 0.25) is 0 Å². The zero-order valence-corrected chi connectivity index (χ0v) is 25.1. The first-order valence-corrected chi connectivity index (χ1v) is 14.0. The number of carbonyl (C=O) groups is 2. The molecule has 11 heteroatoms. The average Bonchev–Trinajstić information content (AvgIpc) is 3.33. The van der Waals surface area contributed by atoms with Gasteiger partial charge in [-0.1, -0.05) is 45.7 Å². The highest BCUT2D eigenvalue weighted by Crippen LogP contribution is 2.37. The van der Waals surface area contributed by atoms with Gasteiger partial charge >= 0.3 is 5.97 Å². The van der Waals surface area contributed by atoms with Gasteiger partial charge in [-0.05, 0) is 76.6 Å². The largest absolute Gasteiger partial charge is 0.497 e. The van der Waals surface area contributed by atoms with Crippen molar-refractivity contribution < 1.29 is 23.5 Å². The molecule has 2 N–H and O–H groups in total. The first kappa shape index (κ1) is 28.5. The van der Waals surface area contributed by atoms with E-state index in [1.54, 1.807) is 66.7 Å². The minimum absolute atomic E-state index is 0.150. The Hall–Kier alpha value is -3.99. The second-order valence-electron chi connectivity index (χ2n) is 8.67. The minimum Gasteiger partial charge on any atom is -0.497 e. The lowest BCUT2D eigenvalue weighted by Crippen LogP contribution is -2.19. The summed E-state index contributed by atoms with van der Waals surface area (Å²) in [4.78, 5) is 29.2. The van der Waals surface area contributed by atoms with Crippen molar-refractivity contribution in [2.24, 2.45) is 5.10 Å². The van der Waals surface area contributed by atoms with Crippen LogP contribution in [0.1, 0.15) is 26.4 Å². The first-order valence-electron chi connectivity index (χ1n) is 12.0. The van der Waals surface area contributed by atoms with Crippen molar-refractivity contribution in [3.63, 3.8) is 0 Å². The van der Waals surface area contributed by atoms with Crippen molar-refractivity contribution >= 4 is 72.5 Å². The highest BCUT2D eigenvalue weighted by molar-refractivity contribution is 9.11. The number of nitrogens with zero attached hydrogens (tertiary/aromatic N) is 1. The molecule has 206 valence electrons. The summed E-state index contributed by atoms with van der Waals surface area (Å²) in [5, 5.41) is 5.00. The number of fused-ring (bicyclic) bond motifs is 1. The van der Waals surface area contributed by atoms with Gasteiger partial charge in [0.1, 0.15) is 17.3 Å². The maximum absolute atomic E-state index is 14.1. The fourth-order valence-corrected chi connectivity index (χ4v) is 5.73. The van der Waals surface area contributed by atoms with E-state index < -0.39 is 17.7 Å². The number of aromatic nitrogens is 1. The van der Waals surface area contributed by atoms with E-state index in [1.165, 1.54) is 25.5 Å². The molecule has 4 aromatic carbocycles. The number of aromatic amines is 1. The Morgan fingerprint density at radius 1 is 1.02 bits per heavy atom. The number of rotatable bonds is 7. The molecule has 0 bridgehead atoms. The molecule has 1 amide bonds. The molecule has 0 saturated heterocycles. The van der Waals surface area contributed by atoms with E-state index in [4.69, 9.17) is 21.1 Å². The van der Waals surface area contributed by atoms with Crippen molar-refractivity contribution in [2.75, 3.05) is 7.11 Å². The molecule has 0 saturated carbocycles. The highest BCUT2D eigenvalue weighted by atomic mass is 79.9. The van der Waals surface area contributed by atoms with Gasteiger partial charge in [0.25, 0.3) is 5.91 Å². The van der Waals surface area contributed by atoms with Crippen LogP contribution in [0.25, 0.3) is 22.0 Å². The minimum atomic E-state index is -0.593. The van der Waals surface area contributed by atoms with Crippen molar-refractivity contribution in [3.05, 3.63) is 115 Å². The number of hydrogen-bond donors (Lipinski definition) is 2. The number of hydrazone groups is 1. The Labute approximate surface area is 255 Å². The van der Waals surface area contributed by atoms with E-state index in [-0.39, 0.29) is 11.4 Å². The normalized spacial score (nSPS) is 11.1. The Morgan fingerprint density at radius 3 is 2.51 bits per heavy atom. The lowest BCUT2D eigenvalue weighted by molar-refractivity contribution is 0.0732. The Kier molecular flexibility index (Phi) is 8.53. The third-order valence-corrected chi connectivity index (χ3v) is 7.43. The summed E-state index contributed by atoms with van der Waals surface area (Å²) in [6, 6.07) is 21.0. The smallest absolute Gasteiger partial charge is 0.343 e. The SMILES string of the molecule is COc1ccc(C(=O)Oc2c(Br)cc(Br)cc2C=NNC(=O)c2[nH]c3ccc(F)cc3c2-c2ccccc2Cl)cc1. The maximum atomic E-state index is 14.1. The summed E-state index contributed by atoms with van der Waals surface area (Å²) in [5.41, 5.74) is 4.92. The molecule has 1 aromatic heterocycles. The summed E-state index contributed by atoms with van der Waals surface area (Å²) in [5.74, 6) is -0.827. The van der Waals surface area contributed by atoms with E-state index in [0.29, 0.717) is 52.9 Å². The number of methoxy groups -OCH3 is 1. The van der Waals surface area contributed by atoms with E-state index in [2.05, 4.69) is 47.4 Å². The van der Waals surface area contributed by atoms with Crippen molar-refractivity contribution in [1.82, 2.24) is 10.4 Å². The van der Waals surface area contributed by atoms with E-state index in [9.17, 15) is 14.0 Å². The monoisotopic (exact) mass is 697 g/mol. The van der Waals surface area contributed by atoms with E-state index >= 15 is 0 Å². The van der Waals surface area contributed by atoms with Crippen molar-refractivity contribution in [2.45, 2.75) is 0 Å². The standard InChI is InChI=1S/C30H19Br2ClFN3O4/c1-40-20-9-6-16(7-10-20)30(39)41-28-17(12-18(31)13-23(28)32)15-35-37-29(38)27-26(21-4-2-3-5-24(21)33)22-14-19(34)8-11-25(22)36-27/h2-15,36H,1H3,(H,37,38). The molecule has 7 nitrogen and oxygen atoms in total. The fourth-order valence-electron chi connectivity index (χ4n) is 4.16. The van der Waals surface area contributed by atoms with Crippen LogP contribution in [0.15, 0.2) is 92.9 Å². The quantitative estimate of drug-likeness (QED) is 0.0777. The fraction of sp³-hybridized carbons (Fsp3) is 0.0333. The van der Waals surface area contributed by atoms with Crippen LogP contribution in [0.3, 0.4) is 0 Å².